The van der Waals surface area contributed by atoms with Crippen molar-refractivity contribution in [2.75, 3.05) is 37.9 Å². The fraction of sp³-hybridized carbons (Fsp3) is 0.750. The number of nitrogens with zero attached hydrogens (tertiary/aromatic N) is 4. The third-order valence-electron chi connectivity index (χ3n) is 2.75. The number of anilines is 1. The van der Waals surface area contributed by atoms with Gasteiger partial charge >= 0.3 is 0 Å². The molecule has 0 unspecified atom stereocenters. The van der Waals surface area contributed by atoms with Crippen LogP contribution in [-0.4, -0.2) is 60.3 Å². The van der Waals surface area contributed by atoms with Gasteiger partial charge in [-0.05, 0) is 0 Å². The quantitative estimate of drug-likeness (QED) is 0.536. The van der Waals surface area contributed by atoms with Crippen LogP contribution in [0.15, 0.2) is 0 Å². The highest BCUT2D eigenvalue weighted by atomic mass is 32.2. The van der Waals surface area contributed by atoms with Crippen molar-refractivity contribution in [1.29, 1.82) is 0 Å². The molecule has 1 aromatic heterocycles. The first kappa shape index (κ1) is 13.6. The van der Waals surface area contributed by atoms with Crippen LogP contribution in [0, 0.1) is 0 Å². The second-order valence-electron chi connectivity index (χ2n) is 4.08. The van der Waals surface area contributed by atoms with Gasteiger partial charge < -0.3 is 0 Å². The maximum atomic E-state index is 11.4. The van der Waals surface area contributed by atoms with Crippen molar-refractivity contribution in [3.05, 3.63) is 5.01 Å². The van der Waals surface area contributed by atoms with Crippen molar-refractivity contribution in [2.24, 2.45) is 5.84 Å². The average Bonchev–Trinajstić information content (AvgIpc) is 2.76. The summed E-state index contributed by atoms with van der Waals surface area (Å²) in [7, 11) is -3.07. The Labute approximate surface area is 110 Å². The number of nitrogen functional groups attached to an aromatic ring is 1. The molecule has 1 aliphatic rings. The fourth-order valence-corrected chi connectivity index (χ4v) is 3.31. The third kappa shape index (κ3) is 3.36. The van der Waals surface area contributed by atoms with E-state index in [0.29, 0.717) is 37.9 Å². The molecule has 0 radical (unpaired) electrons. The maximum absolute atomic E-state index is 11.4. The van der Waals surface area contributed by atoms with Gasteiger partial charge in [-0.1, -0.05) is 11.3 Å². The van der Waals surface area contributed by atoms with E-state index in [1.54, 1.807) is 0 Å². The first-order valence-corrected chi connectivity index (χ1v) is 8.12. The van der Waals surface area contributed by atoms with E-state index >= 15 is 0 Å². The number of hydrogen-bond acceptors (Lipinski definition) is 8. The average molecular weight is 292 g/mol. The molecule has 0 bridgehead atoms. The van der Waals surface area contributed by atoms with Crippen LogP contribution in [0.4, 0.5) is 5.13 Å². The summed E-state index contributed by atoms with van der Waals surface area (Å²) in [6.07, 6.45) is 1.24. The monoisotopic (exact) mass is 292 g/mol. The van der Waals surface area contributed by atoms with Crippen molar-refractivity contribution < 1.29 is 8.42 Å². The minimum atomic E-state index is -3.07. The summed E-state index contributed by atoms with van der Waals surface area (Å²) >= 11 is 1.40. The largest absolute Gasteiger partial charge is 0.298 e. The molecule has 1 aliphatic heterocycles. The fourth-order valence-electron chi connectivity index (χ4n) is 1.79. The zero-order valence-electron chi connectivity index (χ0n) is 10.0. The van der Waals surface area contributed by atoms with Gasteiger partial charge in [-0.15, -0.1) is 10.2 Å². The Morgan fingerprint density at radius 3 is 2.50 bits per heavy atom. The predicted octanol–water partition coefficient (Wildman–Crippen LogP) is -1.10. The second-order valence-corrected chi connectivity index (χ2v) is 7.13. The Morgan fingerprint density at radius 2 is 2.00 bits per heavy atom. The molecule has 0 spiro atoms. The van der Waals surface area contributed by atoms with Gasteiger partial charge in [0.25, 0.3) is 0 Å². The number of aromatic nitrogens is 2. The Morgan fingerprint density at radius 1 is 1.33 bits per heavy atom. The topological polar surface area (TPSA) is 104 Å². The van der Waals surface area contributed by atoms with E-state index < -0.39 is 10.0 Å². The van der Waals surface area contributed by atoms with Crippen LogP contribution >= 0.6 is 11.3 Å². The Bertz CT molecular complexity index is 493. The number of piperazine rings is 1. The lowest BCUT2D eigenvalue weighted by molar-refractivity contribution is 0.181. The minimum Gasteiger partial charge on any atom is -0.298 e. The Hall–Kier alpha value is -0.810. The van der Waals surface area contributed by atoms with Crippen LogP contribution in [0.1, 0.15) is 5.01 Å². The Balaban J connectivity index is 1.87. The summed E-state index contributed by atoms with van der Waals surface area (Å²) in [6, 6.07) is 0. The molecule has 0 aliphatic carbocycles. The number of rotatable bonds is 4. The van der Waals surface area contributed by atoms with E-state index in [1.165, 1.54) is 21.9 Å². The van der Waals surface area contributed by atoms with Crippen LogP contribution in [0.25, 0.3) is 0 Å². The van der Waals surface area contributed by atoms with Gasteiger partial charge in [0.15, 0.2) is 0 Å². The van der Waals surface area contributed by atoms with Crippen LogP contribution in [0.2, 0.25) is 0 Å². The van der Waals surface area contributed by atoms with E-state index in [-0.39, 0.29) is 0 Å². The second kappa shape index (κ2) is 5.45. The number of hydrogen-bond donors (Lipinski definition) is 2. The molecule has 2 heterocycles. The van der Waals surface area contributed by atoms with Gasteiger partial charge in [-0.2, -0.15) is 4.31 Å². The van der Waals surface area contributed by atoms with Gasteiger partial charge in [0, 0.05) is 26.2 Å². The predicted molar refractivity (Wildman–Crippen MR) is 69.4 cm³/mol. The maximum Gasteiger partial charge on any atom is 0.219 e. The summed E-state index contributed by atoms with van der Waals surface area (Å²) < 4.78 is 24.2. The molecular formula is C8H16N6O2S2. The molecule has 0 amide bonds. The molecule has 1 fully saturated rings. The lowest BCUT2D eigenvalue weighted by Crippen LogP contribution is -2.47. The molecule has 102 valence electrons. The van der Waals surface area contributed by atoms with E-state index in [9.17, 15) is 8.42 Å². The lowest BCUT2D eigenvalue weighted by Gasteiger charge is -2.32. The van der Waals surface area contributed by atoms with E-state index in [0.717, 1.165) is 5.01 Å². The molecule has 0 atom stereocenters. The summed E-state index contributed by atoms with van der Waals surface area (Å²) in [5.41, 5.74) is 2.45. The molecule has 8 nitrogen and oxygen atoms in total. The summed E-state index contributed by atoms with van der Waals surface area (Å²) in [5, 5.41) is 9.31. The molecule has 0 saturated carbocycles. The van der Waals surface area contributed by atoms with Gasteiger partial charge in [-0.25, -0.2) is 14.3 Å². The van der Waals surface area contributed by atoms with Crippen LogP contribution in [0.3, 0.4) is 0 Å². The third-order valence-corrected chi connectivity index (χ3v) is 4.89. The van der Waals surface area contributed by atoms with Crippen molar-refractivity contribution in [3.63, 3.8) is 0 Å². The first-order valence-electron chi connectivity index (χ1n) is 5.45. The van der Waals surface area contributed by atoms with Gasteiger partial charge in [0.05, 0.1) is 12.8 Å². The van der Waals surface area contributed by atoms with Crippen LogP contribution < -0.4 is 11.3 Å². The molecule has 1 aromatic rings. The molecule has 18 heavy (non-hydrogen) atoms. The summed E-state index contributed by atoms with van der Waals surface area (Å²) in [5.74, 6) is 5.23. The zero-order valence-corrected chi connectivity index (χ0v) is 11.7. The van der Waals surface area contributed by atoms with E-state index in [2.05, 4.69) is 20.5 Å². The summed E-state index contributed by atoms with van der Waals surface area (Å²) in [6.45, 7) is 3.15. The highest BCUT2D eigenvalue weighted by molar-refractivity contribution is 7.88. The molecule has 10 heteroatoms. The molecule has 2 rings (SSSR count). The van der Waals surface area contributed by atoms with Gasteiger partial charge in [-0.3, -0.25) is 10.3 Å². The number of hydrazine groups is 1. The molecule has 0 aromatic carbocycles. The number of nitrogens with two attached hydrogens (primary N) is 1. The van der Waals surface area contributed by atoms with Crippen molar-refractivity contribution in [3.8, 4) is 0 Å². The highest BCUT2D eigenvalue weighted by Gasteiger charge is 2.23. The summed E-state index contributed by atoms with van der Waals surface area (Å²) in [4.78, 5) is 2.16. The van der Waals surface area contributed by atoms with Gasteiger partial charge in [0.2, 0.25) is 15.2 Å². The molecule has 3 N–H and O–H groups in total. The minimum absolute atomic E-state index is 0.527. The molecular weight excluding hydrogens is 276 g/mol. The number of sulfonamides is 1. The van der Waals surface area contributed by atoms with Crippen LogP contribution in [-0.2, 0) is 16.6 Å². The van der Waals surface area contributed by atoms with Crippen LogP contribution in [0.5, 0.6) is 0 Å². The smallest absolute Gasteiger partial charge is 0.219 e. The van der Waals surface area contributed by atoms with E-state index in [4.69, 9.17) is 5.84 Å². The highest BCUT2D eigenvalue weighted by Crippen LogP contribution is 2.16. The van der Waals surface area contributed by atoms with Crippen molar-refractivity contribution in [2.45, 2.75) is 6.54 Å². The van der Waals surface area contributed by atoms with Crippen molar-refractivity contribution in [1.82, 2.24) is 19.4 Å². The zero-order chi connectivity index (χ0) is 13.2. The Kier molecular flexibility index (Phi) is 4.12. The van der Waals surface area contributed by atoms with E-state index in [1.807, 2.05) is 0 Å². The van der Waals surface area contributed by atoms with Crippen molar-refractivity contribution >= 4 is 26.5 Å². The number of nitrogens with one attached hydrogen (secondary N) is 1. The first-order chi connectivity index (χ1) is 8.49. The molecule has 1 saturated heterocycles. The lowest BCUT2D eigenvalue weighted by atomic mass is 10.3. The standard InChI is InChI=1S/C8H16N6O2S2/c1-18(15,16)14-4-2-13(3-5-14)6-7-11-12-8(10-9)17-7/h2-6,9H2,1H3,(H,10,12). The SMILES string of the molecule is CS(=O)(=O)N1CCN(Cc2nnc(NN)s2)CC1. The van der Waals surface area contributed by atoms with Gasteiger partial charge in [0.1, 0.15) is 5.01 Å². The normalized spacial score (nSPS) is 19.0.